The predicted octanol–water partition coefficient (Wildman–Crippen LogP) is 9.15. The standard InChI is InChI=1S/2C10BrF7/c2*11-3-4(12)1-2(5(13)8(3)16)7(15)10(18)9(17)6(1)14. The molecule has 0 nitrogen and oxygen atoms in total. The van der Waals surface area contributed by atoms with E-state index < -0.39 is 112 Å². The van der Waals surface area contributed by atoms with Crippen LogP contribution in [-0.2, 0) is 0 Å². The first-order valence-electron chi connectivity index (χ1n) is 8.52. The van der Waals surface area contributed by atoms with Gasteiger partial charge in [-0.15, -0.1) is 0 Å². The van der Waals surface area contributed by atoms with E-state index in [1.54, 1.807) is 0 Å². The van der Waals surface area contributed by atoms with E-state index in [0.717, 1.165) is 0 Å². The van der Waals surface area contributed by atoms with Gasteiger partial charge in [0.05, 0.1) is 30.5 Å². The first-order chi connectivity index (χ1) is 16.6. The van der Waals surface area contributed by atoms with Crippen LogP contribution in [0.15, 0.2) is 8.95 Å². The normalized spacial score (nSPS) is 11.3. The van der Waals surface area contributed by atoms with Crippen LogP contribution in [0.5, 0.6) is 0 Å². The third-order valence-electron chi connectivity index (χ3n) is 4.57. The molecule has 4 rings (SSSR count). The second kappa shape index (κ2) is 9.68. The minimum absolute atomic E-state index is 1.14. The Balaban J connectivity index is 0.000000201. The smallest absolute Gasteiger partial charge is 0.198 e. The maximum Gasteiger partial charge on any atom is 0.198 e. The molecule has 0 atom stereocenters. The van der Waals surface area contributed by atoms with Gasteiger partial charge in [0.25, 0.3) is 0 Å². The van der Waals surface area contributed by atoms with Crippen molar-refractivity contribution in [3.8, 4) is 0 Å². The lowest BCUT2D eigenvalue weighted by atomic mass is 10.1. The summed E-state index contributed by atoms with van der Waals surface area (Å²) in [4.78, 5) is 0. The van der Waals surface area contributed by atoms with Crippen LogP contribution in [0.1, 0.15) is 0 Å². The molecule has 0 aliphatic heterocycles. The molecule has 0 aliphatic rings. The molecular weight excluding hydrogens is 666 g/mol. The van der Waals surface area contributed by atoms with Crippen LogP contribution in [0.2, 0.25) is 0 Å². The Kier molecular flexibility index (Phi) is 7.52. The number of benzene rings is 4. The number of rotatable bonds is 0. The molecule has 0 bridgehead atoms. The van der Waals surface area contributed by atoms with Gasteiger partial charge in [-0.2, -0.15) is 0 Å². The van der Waals surface area contributed by atoms with Gasteiger partial charge in [0.1, 0.15) is 0 Å². The number of hydrogen-bond donors (Lipinski definition) is 0. The van der Waals surface area contributed by atoms with E-state index >= 15 is 0 Å². The fraction of sp³-hybridized carbons (Fsp3) is 0. The van der Waals surface area contributed by atoms with Gasteiger partial charge in [0, 0.05) is 0 Å². The lowest BCUT2D eigenvalue weighted by Crippen LogP contribution is -2.04. The van der Waals surface area contributed by atoms with E-state index in [2.05, 4.69) is 31.9 Å². The topological polar surface area (TPSA) is 0 Å². The molecule has 0 heterocycles. The van der Waals surface area contributed by atoms with Gasteiger partial charge in [-0.05, 0) is 31.9 Å². The van der Waals surface area contributed by atoms with Crippen molar-refractivity contribution in [1.82, 2.24) is 0 Å². The van der Waals surface area contributed by atoms with E-state index in [4.69, 9.17) is 0 Å². The highest BCUT2D eigenvalue weighted by atomic mass is 79.9. The van der Waals surface area contributed by atoms with Crippen LogP contribution in [-0.4, -0.2) is 0 Å². The highest BCUT2D eigenvalue weighted by molar-refractivity contribution is 9.10. The van der Waals surface area contributed by atoms with Gasteiger partial charge in [0.2, 0.25) is 0 Å². The molecule has 0 saturated carbocycles. The van der Waals surface area contributed by atoms with E-state index in [0.29, 0.717) is 0 Å². The first-order valence-corrected chi connectivity index (χ1v) is 10.1. The number of hydrogen-bond acceptors (Lipinski definition) is 0. The molecule has 36 heavy (non-hydrogen) atoms. The minimum atomic E-state index is -2.35. The molecule has 0 saturated heterocycles. The maximum absolute atomic E-state index is 13.4. The molecule has 0 N–H and O–H groups in total. The van der Waals surface area contributed by atoms with Gasteiger partial charge in [-0.1, -0.05) is 0 Å². The molecule has 0 unspecified atom stereocenters. The predicted molar refractivity (Wildman–Crippen MR) is 103 cm³/mol. The summed E-state index contributed by atoms with van der Waals surface area (Å²) in [7, 11) is 0. The summed E-state index contributed by atoms with van der Waals surface area (Å²) in [6.45, 7) is 0. The average Bonchev–Trinajstić information content (AvgIpc) is 2.85. The quantitative estimate of drug-likeness (QED) is 0.0999. The van der Waals surface area contributed by atoms with Crippen molar-refractivity contribution in [2.24, 2.45) is 0 Å². The van der Waals surface area contributed by atoms with Crippen molar-refractivity contribution in [1.29, 1.82) is 0 Å². The Morgan fingerprint density at radius 2 is 0.389 bits per heavy atom. The van der Waals surface area contributed by atoms with Gasteiger partial charge in [0.15, 0.2) is 81.4 Å². The second-order valence-electron chi connectivity index (χ2n) is 6.52. The molecule has 4 aromatic carbocycles. The highest BCUT2D eigenvalue weighted by Gasteiger charge is 2.31. The van der Waals surface area contributed by atoms with E-state index in [9.17, 15) is 61.5 Å². The zero-order chi connectivity index (χ0) is 27.5. The van der Waals surface area contributed by atoms with Crippen LogP contribution in [0.25, 0.3) is 21.5 Å². The Morgan fingerprint density at radius 1 is 0.222 bits per heavy atom. The molecule has 0 radical (unpaired) electrons. The molecule has 0 amide bonds. The van der Waals surface area contributed by atoms with Crippen molar-refractivity contribution in [2.75, 3.05) is 0 Å². The summed E-state index contributed by atoms with van der Waals surface area (Å²) in [5.41, 5.74) is 0. The first kappa shape index (κ1) is 28.0. The van der Waals surface area contributed by atoms with Crippen molar-refractivity contribution in [3.63, 3.8) is 0 Å². The maximum atomic E-state index is 13.4. The zero-order valence-corrected chi connectivity index (χ0v) is 19.2. The van der Waals surface area contributed by atoms with Crippen molar-refractivity contribution < 1.29 is 61.5 Å². The molecule has 16 heteroatoms. The lowest BCUT2D eigenvalue weighted by molar-refractivity contribution is 0.411. The van der Waals surface area contributed by atoms with Gasteiger partial charge in [-0.3, -0.25) is 0 Å². The largest absolute Gasteiger partial charge is 0.205 e. The third-order valence-corrected chi connectivity index (χ3v) is 5.96. The summed E-state index contributed by atoms with van der Waals surface area (Å²) < 4.78 is 182. The molecule has 0 aromatic heterocycles. The molecule has 192 valence electrons. The molecule has 0 fully saturated rings. The zero-order valence-electron chi connectivity index (χ0n) is 16.0. The van der Waals surface area contributed by atoms with E-state index in [-0.39, 0.29) is 0 Å². The monoisotopic (exact) mass is 664 g/mol. The highest BCUT2D eigenvalue weighted by Crippen LogP contribution is 2.37. The van der Waals surface area contributed by atoms with Crippen LogP contribution in [0, 0.1) is 81.4 Å². The van der Waals surface area contributed by atoms with Crippen LogP contribution >= 0.6 is 31.9 Å². The minimum Gasteiger partial charge on any atom is -0.205 e. The summed E-state index contributed by atoms with van der Waals surface area (Å²) >= 11 is 4.52. The summed E-state index contributed by atoms with van der Waals surface area (Å²) in [5, 5.41) is -6.25. The van der Waals surface area contributed by atoms with Crippen LogP contribution in [0.4, 0.5) is 61.5 Å². The fourth-order valence-electron chi connectivity index (χ4n) is 2.91. The van der Waals surface area contributed by atoms with Gasteiger partial charge < -0.3 is 0 Å². The molecule has 4 aromatic rings. The van der Waals surface area contributed by atoms with Crippen LogP contribution < -0.4 is 0 Å². The Labute approximate surface area is 205 Å². The Hall–Kier alpha value is -2.62. The van der Waals surface area contributed by atoms with Gasteiger partial charge >= 0.3 is 0 Å². The molecule has 0 spiro atoms. The summed E-state index contributed by atoms with van der Waals surface area (Å²) in [5.74, 6) is -29.3. The molecular formula is C20Br2F14. The van der Waals surface area contributed by atoms with Crippen LogP contribution in [0.3, 0.4) is 0 Å². The van der Waals surface area contributed by atoms with E-state index in [1.807, 2.05) is 0 Å². The summed E-state index contributed by atoms with van der Waals surface area (Å²) in [6.07, 6.45) is 0. The second-order valence-corrected chi connectivity index (χ2v) is 8.11. The fourth-order valence-corrected chi connectivity index (χ4v) is 3.66. The Morgan fingerprint density at radius 3 is 0.611 bits per heavy atom. The number of halogens is 16. The summed E-state index contributed by atoms with van der Waals surface area (Å²) in [6, 6.07) is 0. The SMILES string of the molecule is Fc1c(F)c(F)c2c(F)c(Br)c(F)c(F)c2c1F.Fc1c(F)c(F)c2c(F)c(Br)c(F)c(F)c2c1F. The molecule has 0 aliphatic carbocycles. The van der Waals surface area contributed by atoms with Crippen molar-refractivity contribution in [2.45, 2.75) is 0 Å². The third kappa shape index (κ3) is 3.97. The van der Waals surface area contributed by atoms with Crippen molar-refractivity contribution in [3.05, 3.63) is 90.4 Å². The average molecular weight is 666 g/mol. The van der Waals surface area contributed by atoms with Crippen molar-refractivity contribution >= 4 is 53.4 Å². The Bertz CT molecular complexity index is 1250. The lowest BCUT2D eigenvalue weighted by Gasteiger charge is -2.09. The number of fused-ring (bicyclic) bond motifs is 2. The van der Waals surface area contributed by atoms with E-state index in [1.165, 1.54) is 0 Å². The van der Waals surface area contributed by atoms with Gasteiger partial charge in [-0.25, -0.2) is 61.5 Å².